The molecule has 0 aromatic heterocycles. The lowest BCUT2D eigenvalue weighted by molar-refractivity contribution is -0.128. The number of aromatic carboxylic acids is 1. The summed E-state index contributed by atoms with van der Waals surface area (Å²) in [6.45, 7) is 4.99. The topological polar surface area (TPSA) is 74.7 Å². The van der Waals surface area contributed by atoms with Gasteiger partial charge in [0.25, 0.3) is 0 Å². The molecular weight excluding hydrogens is 278 g/mol. The van der Waals surface area contributed by atoms with E-state index in [1.54, 1.807) is 17.0 Å². The van der Waals surface area contributed by atoms with Crippen molar-refractivity contribution in [1.82, 2.24) is 4.90 Å². The molecule has 0 aliphatic rings. The molecule has 1 unspecified atom stereocenters. The predicted molar refractivity (Wildman–Crippen MR) is 78.0 cm³/mol. The lowest BCUT2D eigenvalue weighted by Gasteiger charge is -2.18. The molecule has 1 aromatic rings. The maximum absolute atomic E-state index is 11.9. The highest BCUT2D eigenvalue weighted by Gasteiger charge is 2.14. The smallest absolute Gasteiger partial charge is 0.335 e. The maximum atomic E-state index is 11.9. The standard InChI is InChI=1S/C14H19NO4S/c1-3-15(4-2)13(16)10-20(19)9-11-5-7-12(8-6-11)14(17)18/h5-8H,3-4,9-10H2,1-2H3,(H,17,18). The summed E-state index contributed by atoms with van der Waals surface area (Å²) >= 11 is 0. The zero-order valence-electron chi connectivity index (χ0n) is 11.7. The van der Waals surface area contributed by atoms with Gasteiger partial charge in [-0.1, -0.05) is 12.1 Å². The van der Waals surface area contributed by atoms with Crippen LogP contribution in [0.4, 0.5) is 0 Å². The minimum atomic E-state index is -1.28. The number of benzene rings is 1. The lowest BCUT2D eigenvalue weighted by Crippen LogP contribution is -2.34. The van der Waals surface area contributed by atoms with Gasteiger partial charge in [-0.05, 0) is 31.5 Å². The Labute approximate surface area is 121 Å². The van der Waals surface area contributed by atoms with Crippen molar-refractivity contribution in [2.45, 2.75) is 19.6 Å². The molecule has 0 saturated carbocycles. The van der Waals surface area contributed by atoms with E-state index >= 15 is 0 Å². The molecule has 0 fully saturated rings. The Kier molecular flexibility index (Phi) is 6.38. The van der Waals surface area contributed by atoms with Crippen LogP contribution in [-0.2, 0) is 21.3 Å². The summed E-state index contributed by atoms with van der Waals surface area (Å²) in [5, 5.41) is 8.78. The van der Waals surface area contributed by atoms with Crippen LogP contribution in [0.25, 0.3) is 0 Å². The van der Waals surface area contributed by atoms with Gasteiger partial charge in [0.1, 0.15) is 5.75 Å². The van der Waals surface area contributed by atoms with Crippen LogP contribution in [-0.4, -0.2) is 44.9 Å². The summed E-state index contributed by atoms with van der Waals surface area (Å²) in [5.41, 5.74) is 0.958. The van der Waals surface area contributed by atoms with Crippen molar-refractivity contribution in [1.29, 1.82) is 0 Å². The van der Waals surface area contributed by atoms with E-state index in [2.05, 4.69) is 0 Å². The fourth-order valence-corrected chi connectivity index (χ4v) is 2.91. The SMILES string of the molecule is CCN(CC)C(=O)CS(=O)Cc1ccc(C(=O)O)cc1. The number of nitrogens with zero attached hydrogens (tertiary/aromatic N) is 1. The first-order valence-electron chi connectivity index (χ1n) is 6.42. The molecule has 110 valence electrons. The molecular formula is C14H19NO4S. The van der Waals surface area contributed by atoms with Gasteiger partial charge in [0, 0.05) is 29.6 Å². The molecule has 1 amide bonds. The molecule has 0 heterocycles. The third-order valence-electron chi connectivity index (χ3n) is 2.93. The van der Waals surface area contributed by atoms with Crippen molar-refractivity contribution < 1.29 is 18.9 Å². The molecule has 5 nitrogen and oxygen atoms in total. The van der Waals surface area contributed by atoms with Gasteiger partial charge in [-0.2, -0.15) is 0 Å². The largest absolute Gasteiger partial charge is 0.478 e. The van der Waals surface area contributed by atoms with Crippen molar-refractivity contribution in [3.63, 3.8) is 0 Å². The molecule has 0 saturated heterocycles. The Hall–Kier alpha value is -1.69. The second-order valence-electron chi connectivity index (χ2n) is 4.30. The third kappa shape index (κ3) is 4.77. The fraction of sp³-hybridized carbons (Fsp3) is 0.429. The van der Waals surface area contributed by atoms with Crippen molar-refractivity contribution in [2.75, 3.05) is 18.8 Å². The highest BCUT2D eigenvalue weighted by molar-refractivity contribution is 7.84. The van der Waals surface area contributed by atoms with E-state index in [1.807, 2.05) is 13.8 Å². The van der Waals surface area contributed by atoms with Crippen LogP contribution in [0.1, 0.15) is 29.8 Å². The summed E-state index contributed by atoms with van der Waals surface area (Å²) in [6.07, 6.45) is 0. The number of carbonyl (C=O) groups is 2. The molecule has 0 aliphatic heterocycles. The van der Waals surface area contributed by atoms with Gasteiger partial charge >= 0.3 is 5.97 Å². The first kappa shape index (κ1) is 16.4. The summed E-state index contributed by atoms with van der Waals surface area (Å²) < 4.78 is 11.9. The molecule has 20 heavy (non-hydrogen) atoms. The number of carbonyl (C=O) groups excluding carboxylic acids is 1. The average molecular weight is 297 g/mol. The van der Waals surface area contributed by atoms with E-state index in [1.165, 1.54) is 12.1 Å². The van der Waals surface area contributed by atoms with Gasteiger partial charge in [-0.15, -0.1) is 0 Å². The van der Waals surface area contributed by atoms with Crippen molar-refractivity contribution in [3.8, 4) is 0 Å². The number of hydrogen-bond acceptors (Lipinski definition) is 3. The van der Waals surface area contributed by atoms with E-state index in [0.29, 0.717) is 13.1 Å². The molecule has 0 spiro atoms. The van der Waals surface area contributed by atoms with Gasteiger partial charge in [0.05, 0.1) is 5.56 Å². The van der Waals surface area contributed by atoms with Crippen molar-refractivity contribution in [3.05, 3.63) is 35.4 Å². The summed E-state index contributed by atoms with van der Waals surface area (Å²) in [5.74, 6) is -0.847. The van der Waals surface area contributed by atoms with Crippen molar-refractivity contribution in [2.24, 2.45) is 0 Å². The van der Waals surface area contributed by atoms with Gasteiger partial charge in [-0.25, -0.2) is 4.79 Å². The fourth-order valence-electron chi connectivity index (χ4n) is 1.79. The van der Waals surface area contributed by atoms with Gasteiger partial charge in [0.2, 0.25) is 5.91 Å². The normalized spacial score (nSPS) is 11.9. The first-order chi connectivity index (χ1) is 9.47. The third-order valence-corrected chi connectivity index (χ3v) is 4.15. The van der Waals surface area contributed by atoms with Gasteiger partial charge in [0.15, 0.2) is 0 Å². The summed E-state index contributed by atoms with van der Waals surface area (Å²) in [6, 6.07) is 6.20. The Morgan fingerprint density at radius 1 is 1.15 bits per heavy atom. The maximum Gasteiger partial charge on any atom is 0.335 e. The van der Waals surface area contributed by atoms with E-state index < -0.39 is 16.8 Å². The minimum Gasteiger partial charge on any atom is -0.478 e. The summed E-state index contributed by atoms with van der Waals surface area (Å²) in [4.78, 5) is 24.2. The Bertz CT molecular complexity index is 494. The number of carboxylic acid groups (broad SMARTS) is 1. The molecule has 1 aromatic carbocycles. The molecule has 6 heteroatoms. The number of carboxylic acids is 1. The van der Waals surface area contributed by atoms with E-state index in [-0.39, 0.29) is 23.0 Å². The first-order valence-corrected chi connectivity index (χ1v) is 7.91. The molecule has 0 bridgehead atoms. The highest BCUT2D eigenvalue weighted by atomic mass is 32.2. The predicted octanol–water partition coefficient (Wildman–Crippen LogP) is 1.50. The average Bonchev–Trinajstić information content (AvgIpc) is 2.40. The minimum absolute atomic E-state index is 0.00234. The molecule has 1 atom stereocenters. The van der Waals surface area contributed by atoms with Crippen LogP contribution in [0.5, 0.6) is 0 Å². The second kappa shape index (κ2) is 7.79. The summed E-state index contributed by atoms with van der Waals surface area (Å²) in [7, 11) is -1.28. The van der Waals surface area contributed by atoms with Gasteiger partial charge < -0.3 is 10.0 Å². The number of rotatable bonds is 7. The zero-order valence-corrected chi connectivity index (χ0v) is 12.5. The van der Waals surface area contributed by atoms with Crippen LogP contribution in [0, 0.1) is 0 Å². The van der Waals surface area contributed by atoms with Crippen LogP contribution in [0.15, 0.2) is 24.3 Å². The molecule has 0 aliphatic carbocycles. The molecule has 1 N–H and O–H groups in total. The Balaban J connectivity index is 2.58. The zero-order chi connectivity index (χ0) is 15.1. The quantitative estimate of drug-likeness (QED) is 0.827. The number of amides is 1. The molecule has 1 rings (SSSR count). The second-order valence-corrected chi connectivity index (χ2v) is 5.75. The molecule has 0 radical (unpaired) electrons. The Morgan fingerprint density at radius 2 is 1.70 bits per heavy atom. The Morgan fingerprint density at radius 3 is 2.15 bits per heavy atom. The monoisotopic (exact) mass is 297 g/mol. The lowest BCUT2D eigenvalue weighted by atomic mass is 10.1. The van der Waals surface area contributed by atoms with Crippen LogP contribution >= 0.6 is 0 Å². The van der Waals surface area contributed by atoms with E-state index in [4.69, 9.17) is 5.11 Å². The van der Waals surface area contributed by atoms with Crippen LogP contribution in [0.3, 0.4) is 0 Å². The van der Waals surface area contributed by atoms with E-state index in [9.17, 15) is 13.8 Å². The van der Waals surface area contributed by atoms with Crippen LogP contribution < -0.4 is 0 Å². The van der Waals surface area contributed by atoms with Gasteiger partial charge in [-0.3, -0.25) is 9.00 Å². The van der Waals surface area contributed by atoms with Crippen LogP contribution in [0.2, 0.25) is 0 Å². The highest BCUT2D eigenvalue weighted by Crippen LogP contribution is 2.07. The van der Waals surface area contributed by atoms with E-state index in [0.717, 1.165) is 5.56 Å². The van der Waals surface area contributed by atoms with Crippen molar-refractivity contribution >= 4 is 22.7 Å². The number of hydrogen-bond donors (Lipinski definition) is 1.